The molecule has 21 heavy (non-hydrogen) atoms. The van der Waals surface area contributed by atoms with E-state index in [1.165, 1.54) is 35.5 Å². The third kappa shape index (κ3) is 2.29. The van der Waals surface area contributed by atoms with E-state index in [0.29, 0.717) is 0 Å². The smallest absolute Gasteiger partial charge is 0.0901 e. The van der Waals surface area contributed by atoms with Crippen LogP contribution in [0.25, 0.3) is 11.1 Å². The van der Waals surface area contributed by atoms with Crippen molar-refractivity contribution in [2.24, 2.45) is 11.8 Å². The summed E-state index contributed by atoms with van der Waals surface area (Å²) in [5.41, 5.74) is 5.37. The number of rotatable bonds is 3. The van der Waals surface area contributed by atoms with Gasteiger partial charge in [0.05, 0.1) is 18.0 Å². The van der Waals surface area contributed by atoms with Gasteiger partial charge in [-0.25, -0.2) is 0 Å². The number of hydrogen-bond acceptors (Lipinski definition) is 2. The van der Waals surface area contributed by atoms with Crippen molar-refractivity contribution in [2.75, 3.05) is 30.1 Å². The Balaban J connectivity index is 1.64. The van der Waals surface area contributed by atoms with Gasteiger partial charge in [0.2, 0.25) is 0 Å². The number of fused-ring (bicyclic) bond motifs is 1. The minimum Gasteiger partial charge on any atom is -0.355 e. The molecule has 2 aromatic rings. The third-order valence-corrected chi connectivity index (χ3v) is 4.95. The summed E-state index contributed by atoms with van der Waals surface area (Å²) >= 11 is 0. The summed E-state index contributed by atoms with van der Waals surface area (Å²) in [5.74, 6) is 1.82. The molecule has 0 aromatic heterocycles. The summed E-state index contributed by atoms with van der Waals surface area (Å²) in [4.78, 5) is 4.91. The van der Waals surface area contributed by atoms with Gasteiger partial charge in [-0.05, 0) is 41.5 Å². The lowest BCUT2D eigenvalue weighted by atomic mass is 10.0. The molecule has 108 valence electrons. The highest BCUT2D eigenvalue weighted by Gasteiger charge is 2.36. The van der Waals surface area contributed by atoms with Crippen molar-refractivity contribution in [2.45, 2.75) is 13.3 Å². The molecule has 0 N–H and O–H groups in total. The second-order valence-corrected chi connectivity index (χ2v) is 6.60. The Hall–Kier alpha value is -1.96. The van der Waals surface area contributed by atoms with E-state index in [-0.39, 0.29) is 0 Å². The van der Waals surface area contributed by atoms with Crippen LogP contribution in [0.5, 0.6) is 0 Å². The molecule has 0 saturated heterocycles. The van der Waals surface area contributed by atoms with E-state index >= 15 is 0 Å². The average molecular weight is 278 g/mol. The largest absolute Gasteiger partial charge is 0.355 e. The van der Waals surface area contributed by atoms with Gasteiger partial charge >= 0.3 is 0 Å². The lowest BCUT2D eigenvalue weighted by molar-refractivity contribution is 0.695. The van der Waals surface area contributed by atoms with Crippen molar-refractivity contribution in [3.05, 3.63) is 48.5 Å². The van der Waals surface area contributed by atoms with Crippen molar-refractivity contribution in [1.82, 2.24) is 0 Å². The number of benzene rings is 2. The molecular formula is C19H22N2. The molecule has 1 aliphatic carbocycles. The van der Waals surface area contributed by atoms with Crippen molar-refractivity contribution >= 4 is 11.4 Å². The van der Waals surface area contributed by atoms with Crippen LogP contribution < -0.4 is 9.80 Å². The monoisotopic (exact) mass is 278 g/mol. The van der Waals surface area contributed by atoms with E-state index in [1.54, 1.807) is 0 Å². The molecule has 0 bridgehead atoms. The van der Waals surface area contributed by atoms with Crippen molar-refractivity contribution in [3.8, 4) is 11.1 Å². The van der Waals surface area contributed by atoms with Crippen LogP contribution in [-0.2, 0) is 0 Å². The van der Waals surface area contributed by atoms with Gasteiger partial charge in [0.15, 0.2) is 0 Å². The molecule has 2 heteroatoms. The molecule has 0 radical (unpaired) electrons. The van der Waals surface area contributed by atoms with Crippen LogP contribution in [0.4, 0.5) is 11.4 Å². The van der Waals surface area contributed by atoms with Gasteiger partial charge in [0, 0.05) is 13.6 Å². The van der Waals surface area contributed by atoms with Crippen LogP contribution in [-0.4, -0.2) is 20.3 Å². The first kappa shape index (κ1) is 12.8. The van der Waals surface area contributed by atoms with E-state index < -0.39 is 0 Å². The Morgan fingerprint density at radius 1 is 1.00 bits per heavy atom. The van der Waals surface area contributed by atoms with Gasteiger partial charge in [0.25, 0.3) is 0 Å². The fourth-order valence-corrected chi connectivity index (χ4v) is 3.41. The summed E-state index contributed by atoms with van der Waals surface area (Å²) in [5, 5.41) is 0. The van der Waals surface area contributed by atoms with Crippen molar-refractivity contribution in [1.29, 1.82) is 0 Å². The maximum atomic E-state index is 2.54. The normalized spacial score (nSPS) is 23.3. The Bertz CT molecular complexity index is 650. The van der Waals surface area contributed by atoms with Gasteiger partial charge in [-0.3, -0.25) is 0 Å². The average Bonchev–Trinajstić information content (AvgIpc) is 3.12. The predicted octanol–water partition coefficient (Wildman–Crippen LogP) is 4.22. The molecule has 1 saturated carbocycles. The molecule has 1 fully saturated rings. The Morgan fingerprint density at radius 3 is 2.48 bits per heavy atom. The van der Waals surface area contributed by atoms with Gasteiger partial charge in [-0.1, -0.05) is 43.3 Å². The lowest BCUT2D eigenvalue weighted by Gasteiger charge is -2.19. The Kier molecular flexibility index (Phi) is 2.91. The molecule has 2 nitrogen and oxygen atoms in total. The zero-order chi connectivity index (χ0) is 14.4. The number of nitrogens with zero attached hydrogens (tertiary/aromatic N) is 2. The molecule has 2 aromatic carbocycles. The second-order valence-electron chi connectivity index (χ2n) is 6.60. The standard InChI is InChI=1S/C19H22N2/c1-14-10-17(14)12-21-13-20(2)19-11-16(8-9-18(19)21)15-6-4-3-5-7-15/h3-9,11,14,17H,10,12-13H2,1-2H3. The fraction of sp³-hybridized carbons (Fsp3) is 0.368. The minimum absolute atomic E-state index is 0.901. The van der Waals surface area contributed by atoms with E-state index in [4.69, 9.17) is 0 Å². The second kappa shape index (κ2) is 4.80. The van der Waals surface area contributed by atoms with Crippen LogP contribution in [0.2, 0.25) is 0 Å². The third-order valence-electron chi connectivity index (χ3n) is 4.95. The van der Waals surface area contributed by atoms with Gasteiger partial charge in [0.1, 0.15) is 0 Å². The summed E-state index contributed by atoms with van der Waals surface area (Å²) in [7, 11) is 2.20. The maximum absolute atomic E-state index is 2.54. The summed E-state index contributed by atoms with van der Waals surface area (Å²) in [6.07, 6.45) is 1.40. The zero-order valence-electron chi connectivity index (χ0n) is 12.8. The Labute approximate surface area is 127 Å². The fourth-order valence-electron chi connectivity index (χ4n) is 3.41. The first-order valence-corrected chi connectivity index (χ1v) is 7.88. The van der Waals surface area contributed by atoms with Crippen LogP contribution >= 0.6 is 0 Å². The molecular weight excluding hydrogens is 256 g/mol. The summed E-state index contributed by atoms with van der Waals surface area (Å²) in [6.45, 7) is 4.60. The number of hydrogen-bond donors (Lipinski definition) is 0. The maximum Gasteiger partial charge on any atom is 0.0901 e. The van der Waals surface area contributed by atoms with Crippen molar-refractivity contribution in [3.63, 3.8) is 0 Å². The zero-order valence-corrected chi connectivity index (χ0v) is 12.8. The topological polar surface area (TPSA) is 6.48 Å². The van der Waals surface area contributed by atoms with E-state index in [2.05, 4.69) is 72.3 Å². The SMILES string of the molecule is CC1CC1CN1CN(C)c2cc(-c3ccccc3)ccc21. The minimum atomic E-state index is 0.901. The first-order valence-electron chi connectivity index (χ1n) is 7.88. The summed E-state index contributed by atoms with van der Waals surface area (Å²) < 4.78 is 0. The highest BCUT2D eigenvalue weighted by Crippen LogP contribution is 2.43. The van der Waals surface area contributed by atoms with Crippen molar-refractivity contribution < 1.29 is 0 Å². The van der Waals surface area contributed by atoms with Crippen LogP contribution in [0, 0.1) is 11.8 Å². The Morgan fingerprint density at radius 2 is 1.76 bits per heavy atom. The number of anilines is 2. The molecule has 2 aliphatic rings. The quantitative estimate of drug-likeness (QED) is 0.829. The highest BCUT2D eigenvalue weighted by atomic mass is 15.4. The molecule has 2 atom stereocenters. The van der Waals surface area contributed by atoms with Gasteiger partial charge in [-0.15, -0.1) is 0 Å². The van der Waals surface area contributed by atoms with E-state index in [9.17, 15) is 0 Å². The van der Waals surface area contributed by atoms with Crippen LogP contribution in [0.3, 0.4) is 0 Å². The summed E-state index contributed by atoms with van der Waals surface area (Å²) in [6, 6.07) is 17.5. The van der Waals surface area contributed by atoms with Crippen LogP contribution in [0.15, 0.2) is 48.5 Å². The molecule has 0 amide bonds. The molecule has 1 aliphatic heterocycles. The molecule has 1 heterocycles. The van der Waals surface area contributed by atoms with Crippen LogP contribution in [0.1, 0.15) is 13.3 Å². The van der Waals surface area contributed by atoms with E-state index in [0.717, 1.165) is 18.5 Å². The molecule has 2 unspecified atom stereocenters. The van der Waals surface area contributed by atoms with E-state index in [1.807, 2.05) is 0 Å². The van der Waals surface area contributed by atoms with Gasteiger partial charge in [-0.2, -0.15) is 0 Å². The highest BCUT2D eigenvalue weighted by molar-refractivity contribution is 5.82. The first-order chi connectivity index (χ1) is 10.2. The lowest BCUT2D eigenvalue weighted by Crippen LogP contribution is -2.30. The molecule has 0 spiro atoms. The van der Waals surface area contributed by atoms with Gasteiger partial charge < -0.3 is 9.80 Å². The predicted molar refractivity (Wildman–Crippen MR) is 89.8 cm³/mol. The molecule has 4 rings (SSSR count).